The lowest BCUT2D eigenvalue weighted by atomic mass is 9.71. The lowest BCUT2D eigenvalue weighted by molar-refractivity contribution is 0.0718. The topological polar surface area (TPSA) is 61.1 Å². The van der Waals surface area contributed by atoms with Crippen molar-refractivity contribution in [2.24, 2.45) is 0 Å². The zero-order chi connectivity index (χ0) is 20.7. The molecule has 2 aromatic carbocycles. The molecular weight excluding hydrogens is 394 g/mol. The van der Waals surface area contributed by atoms with Gasteiger partial charge in [0.1, 0.15) is 12.4 Å². The van der Waals surface area contributed by atoms with E-state index >= 15 is 0 Å². The molecule has 3 aromatic rings. The first kappa shape index (κ1) is 19.3. The third-order valence-electron chi connectivity index (χ3n) is 6.59. The Hall–Kier alpha value is -2.70. The number of nitrogens with zero attached hydrogens (tertiary/aromatic N) is 1. The van der Waals surface area contributed by atoms with Crippen LogP contribution >= 0.6 is 12.2 Å². The van der Waals surface area contributed by atoms with Crippen molar-refractivity contribution in [2.45, 2.75) is 44.4 Å². The van der Waals surface area contributed by atoms with Gasteiger partial charge in [-0.2, -0.15) is 0 Å². The Labute approximate surface area is 180 Å². The van der Waals surface area contributed by atoms with E-state index in [2.05, 4.69) is 52.2 Å². The number of ether oxygens (including phenoxy) is 1. The highest BCUT2D eigenvalue weighted by Crippen LogP contribution is 2.46. The summed E-state index contributed by atoms with van der Waals surface area (Å²) in [6.07, 6.45) is 4.00. The van der Waals surface area contributed by atoms with Gasteiger partial charge in [0.05, 0.1) is 11.1 Å². The molecule has 0 fully saturated rings. The fraction of sp³-hybridized carbons (Fsp3) is 0.333. The van der Waals surface area contributed by atoms with Crippen molar-refractivity contribution in [3.63, 3.8) is 0 Å². The summed E-state index contributed by atoms with van der Waals surface area (Å²) in [5.41, 5.74) is 5.36. The molecule has 2 N–H and O–H groups in total. The standard InChI is InChI=1S/C24H25N3O2S/c1-27-14-19-21(25-23(30)26-22(19)28)13-24(27)11-5-8-17-9-10-18(12-20(17)24)29-15-16-6-3-2-4-7-16/h2-4,6-7,9-10,12H,5,8,11,13-15H2,1H3,(H2,25,26,28,30). The van der Waals surface area contributed by atoms with Crippen LogP contribution in [-0.2, 0) is 31.5 Å². The molecule has 0 radical (unpaired) electrons. The van der Waals surface area contributed by atoms with Crippen molar-refractivity contribution >= 4 is 12.2 Å². The predicted octanol–water partition coefficient (Wildman–Crippen LogP) is 4.23. The van der Waals surface area contributed by atoms with Crippen LogP contribution in [0, 0.1) is 4.77 Å². The number of nitrogens with one attached hydrogen (secondary N) is 2. The van der Waals surface area contributed by atoms with E-state index in [1.807, 2.05) is 18.2 Å². The number of aromatic nitrogens is 2. The van der Waals surface area contributed by atoms with Gasteiger partial charge in [-0.15, -0.1) is 0 Å². The van der Waals surface area contributed by atoms with Crippen LogP contribution in [0.5, 0.6) is 5.75 Å². The highest BCUT2D eigenvalue weighted by Gasteiger charge is 2.44. The quantitative estimate of drug-likeness (QED) is 0.624. The van der Waals surface area contributed by atoms with Gasteiger partial charge in [0.15, 0.2) is 4.77 Å². The SMILES string of the molecule is CN1Cc2c([nH]c(=S)[nH]c2=O)CC12CCCc1ccc(OCc3ccccc3)cc12. The second-order valence-electron chi connectivity index (χ2n) is 8.38. The Morgan fingerprint density at radius 3 is 2.83 bits per heavy atom. The summed E-state index contributed by atoms with van der Waals surface area (Å²) in [6.45, 7) is 1.15. The van der Waals surface area contributed by atoms with Gasteiger partial charge in [-0.05, 0) is 67.4 Å². The molecule has 1 aliphatic carbocycles. The molecule has 1 unspecified atom stereocenters. The maximum absolute atomic E-state index is 12.4. The van der Waals surface area contributed by atoms with Crippen molar-refractivity contribution in [1.82, 2.24) is 14.9 Å². The van der Waals surface area contributed by atoms with Crippen molar-refractivity contribution < 1.29 is 4.74 Å². The summed E-state index contributed by atoms with van der Waals surface area (Å²) in [7, 11) is 2.12. The predicted molar refractivity (Wildman–Crippen MR) is 119 cm³/mol. The van der Waals surface area contributed by atoms with Crippen LogP contribution in [-0.4, -0.2) is 21.9 Å². The molecule has 1 spiro atoms. The molecule has 0 amide bonds. The molecule has 2 aliphatic rings. The van der Waals surface area contributed by atoms with E-state index in [1.54, 1.807) is 0 Å². The molecule has 5 rings (SSSR count). The number of benzene rings is 2. The first-order valence-corrected chi connectivity index (χ1v) is 10.8. The van der Waals surface area contributed by atoms with Gasteiger partial charge in [0.2, 0.25) is 0 Å². The summed E-state index contributed by atoms with van der Waals surface area (Å²) in [5.74, 6) is 0.886. The number of fused-ring (bicyclic) bond motifs is 3. The maximum atomic E-state index is 12.4. The Kier molecular flexibility index (Phi) is 4.83. The minimum absolute atomic E-state index is 0.0774. The van der Waals surface area contributed by atoms with E-state index in [4.69, 9.17) is 17.0 Å². The largest absolute Gasteiger partial charge is 0.489 e. The van der Waals surface area contributed by atoms with E-state index in [0.29, 0.717) is 17.9 Å². The molecule has 0 saturated carbocycles. The summed E-state index contributed by atoms with van der Waals surface area (Å²) in [6, 6.07) is 16.7. The number of hydrogen-bond donors (Lipinski definition) is 2. The highest BCUT2D eigenvalue weighted by atomic mass is 32.1. The Balaban J connectivity index is 1.52. The van der Waals surface area contributed by atoms with Crippen molar-refractivity contribution in [3.8, 4) is 5.75 Å². The zero-order valence-corrected chi connectivity index (χ0v) is 17.8. The van der Waals surface area contributed by atoms with Gasteiger partial charge >= 0.3 is 0 Å². The van der Waals surface area contributed by atoms with Gasteiger partial charge in [0.25, 0.3) is 5.56 Å². The highest BCUT2D eigenvalue weighted by molar-refractivity contribution is 7.71. The Morgan fingerprint density at radius 1 is 1.17 bits per heavy atom. The maximum Gasteiger partial charge on any atom is 0.256 e. The smallest absolute Gasteiger partial charge is 0.256 e. The van der Waals surface area contributed by atoms with Crippen LogP contribution in [0.25, 0.3) is 0 Å². The first-order valence-electron chi connectivity index (χ1n) is 10.4. The van der Waals surface area contributed by atoms with Crippen molar-refractivity contribution in [1.29, 1.82) is 0 Å². The zero-order valence-electron chi connectivity index (χ0n) is 17.0. The lowest BCUT2D eigenvalue weighted by Gasteiger charge is -2.49. The van der Waals surface area contributed by atoms with Crippen LogP contribution in [0.4, 0.5) is 0 Å². The van der Waals surface area contributed by atoms with E-state index in [9.17, 15) is 4.79 Å². The van der Waals surface area contributed by atoms with Crippen LogP contribution in [0.3, 0.4) is 0 Å². The fourth-order valence-electron chi connectivity index (χ4n) is 5.02. The van der Waals surface area contributed by atoms with Gasteiger partial charge in [0, 0.05) is 18.7 Å². The Bertz CT molecular complexity index is 1200. The molecule has 1 aromatic heterocycles. The van der Waals surface area contributed by atoms with Crippen LogP contribution in [0.1, 0.15) is 40.8 Å². The molecule has 6 heteroatoms. The Morgan fingerprint density at radius 2 is 2.00 bits per heavy atom. The number of hydrogen-bond acceptors (Lipinski definition) is 4. The summed E-state index contributed by atoms with van der Waals surface area (Å²) in [5, 5.41) is 0. The third-order valence-corrected chi connectivity index (χ3v) is 6.80. The fourth-order valence-corrected chi connectivity index (χ4v) is 5.23. The molecule has 2 heterocycles. The second kappa shape index (κ2) is 7.52. The van der Waals surface area contributed by atoms with Gasteiger partial charge in [-0.1, -0.05) is 36.4 Å². The summed E-state index contributed by atoms with van der Waals surface area (Å²) >= 11 is 5.24. The summed E-state index contributed by atoms with van der Waals surface area (Å²) in [4.78, 5) is 20.7. The number of aromatic amines is 2. The number of likely N-dealkylation sites (N-methyl/N-ethyl adjacent to an activating group) is 1. The van der Waals surface area contributed by atoms with E-state index in [0.717, 1.165) is 48.3 Å². The van der Waals surface area contributed by atoms with E-state index in [1.165, 1.54) is 11.1 Å². The number of rotatable bonds is 3. The van der Waals surface area contributed by atoms with E-state index < -0.39 is 0 Å². The molecule has 5 nitrogen and oxygen atoms in total. The van der Waals surface area contributed by atoms with Crippen molar-refractivity contribution in [3.05, 3.63) is 91.6 Å². The van der Waals surface area contributed by atoms with Crippen molar-refractivity contribution in [2.75, 3.05) is 7.05 Å². The van der Waals surface area contributed by atoms with Gasteiger partial charge in [-0.3, -0.25) is 14.7 Å². The minimum atomic E-state index is -0.154. The lowest BCUT2D eigenvalue weighted by Crippen LogP contribution is -2.51. The average molecular weight is 420 g/mol. The van der Waals surface area contributed by atoms with Gasteiger partial charge in [-0.25, -0.2) is 0 Å². The van der Waals surface area contributed by atoms with Crippen LogP contribution in [0.2, 0.25) is 0 Å². The monoisotopic (exact) mass is 419 g/mol. The van der Waals surface area contributed by atoms with Gasteiger partial charge < -0.3 is 9.72 Å². The molecule has 154 valence electrons. The number of H-pyrrole nitrogens is 2. The minimum Gasteiger partial charge on any atom is -0.489 e. The first-order chi connectivity index (χ1) is 14.5. The average Bonchev–Trinajstić information content (AvgIpc) is 2.75. The summed E-state index contributed by atoms with van der Waals surface area (Å²) < 4.78 is 6.53. The molecule has 1 atom stereocenters. The van der Waals surface area contributed by atoms with E-state index in [-0.39, 0.29) is 11.1 Å². The molecule has 0 bridgehead atoms. The molecule has 0 saturated heterocycles. The molecule has 30 heavy (non-hydrogen) atoms. The van der Waals surface area contributed by atoms with Crippen LogP contribution in [0.15, 0.2) is 53.3 Å². The molecular formula is C24H25N3O2S. The van der Waals surface area contributed by atoms with Crippen LogP contribution < -0.4 is 10.3 Å². The molecule has 1 aliphatic heterocycles. The number of aryl methyl sites for hydroxylation is 1. The normalized spacial score (nSPS) is 20.6. The third kappa shape index (κ3) is 3.30. The second-order valence-corrected chi connectivity index (χ2v) is 8.78.